The predicted molar refractivity (Wildman–Crippen MR) is 117 cm³/mol. The van der Waals surface area contributed by atoms with Crippen molar-refractivity contribution in [2.45, 2.75) is 24.8 Å². The quantitative estimate of drug-likeness (QED) is 0.507. The second-order valence-electron chi connectivity index (χ2n) is 6.81. The van der Waals surface area contributed by atoms with Gasteiger partial charge in [-0.1, -0.05) is 41.9 Å². The van der Waals surface area contributed by atoms with Crippen LogP contribution in [-0.4, -0.2) is 20.2 Å². The highest BCUT2D eigenvalue weighted by Crippen LogP contribution is 2.26. The van der Waals surface area contributed by atoms with Gasteiger partial charge in [0.25, 0.3) is 10.0 Å². The second-order valence-corrected chi connectivity index (χ2v) is 8.93. The van der Waals surface area contributed by atoms with Gasteiger partial charge in [0.15, 0.2) is 5.78 Å². The number of hydrogen-bond acceptors (Lipinski definition) is 4. The fraction of sp³-hybridized carbons (Fsp3) is 0.136. The maximum absolute atomic E-state index is 12.9. The third-order valence-corrected chi connectivity index (χ3v) is 5.74. The number of carbonyl (C=O) groups excluding carboxylic acids is 1. The van der Waals surface area contributed by atoms with E-state index in [1.165, 1.54) is 30.3 Å². The van der Waals surface area contributed by atoms with Crippen molar-refractivity contribution in [1.29, 1.82) is 0 Å². The van der Waals surface area contributed by atoms with Crippen molar-refractivity contribution in [2.75, 3.05) is 10.0 Å². The summed E-state index contributed by atoms with van der Waals surface area (Å²) in [5.41, 5.74) is 1.63. The van der Waals surface area contributed by atoms with Crippen LogP contribution in [0.3, 0.4) is 0 Å². The summed E-state index contributed by atoms with van der Waals surface area (Å²) in [6, 6.07) is 19.8. The molecule has 0 atom stereocenters. The molecule has 0 radical (unpaired) electrons. The van der Waals surface area contributed by atoms with E-state index in [1.807, 2.05) is 13.8 Å². The molecule has 7 heteroatoms. The van der Waals surface area contributed by atoms with Crippen LogP contribution in [0.2, 0.25) is 5.02 Å². The van der Waals surface area contributed by atoms with Gasteiger partial charge >= 0.3 is 0 Å². The lowest BCUT2D eigenvalue weighted by atomic mass is 10.0. The first-order valence-electron chi connectivity index (χ1n) is 9.05. The first-order chi connectivity index (χ1) is 13.8. The van der Waals surface area contributed by atoms with Gasteiger partial charge in [0.1, 0.15) is 0 Å². The molecule has 0 unspecified atom stereocenters. The van der Waals surface area contributed by atoms with E-state index in [9.17, 15) is 13.2 Å². The van der Waals surface area contributed by atoms with Crippen LogP contribution in [0.5, 0.6) is 0 Å². The van der Waals surface area contributed by atoms with Crippen molar-refractivity contribution >= 4 is 38.8 Å². The van der Waals surface area contributed by atoms with Gasteiger partial charge in [0, 0.05) is 27.9 Å². The molecule has 0 aliphatic carbocycles. The van der Waals surface area contributed by atoms with Crippen molar-refractivity contribution in [1.82, 2.24) is 0 Å². The first-order valence-corrected chi connectivity index (χ1v) is 10.9. The summed E-state index contributed by atoms with van der Waals surface area (Å²) in [5, 5.41) is 3.55. The maximum atomic E-state index is 12.9. The summed E-state index contributed by atoms with van der Waals surface area (Å²) in [4.78, 5) is 13.0. The number of anilines is 2. The summed E-state index contributed by atoms with van der Waals surface area (Å²) in [7, 11) is -3.88. The molecule has 0 spiro atoms. The molecular weight excluding hydrogens is 408 g/mol. The Morgan fingerprint density at radius 2 is 1.59 bits per heavy atom. The molecule has 0 aromatic heterocycles. The normalized spacial score (nSPS) is 11.3. The summed E-state index contributed by atoms with van der Waals surface area (Å²) in [5.74, 6) is -0.317. The average molecular weight is 429 g/mol. The zero-order valence-corrected chi connectivity index (χ0v) is 17.6. The highest BCUT2D eigenvalue weighted by Gasteiger charge is 2.20. The Labute approximate surface area is 175 Å². The second kappa shape index (κ2) is 8.68. The molecule has 2 N–H and O–H groups in total. The molecule has 0 fully saturated rings. The minimum atomic E-state index is -3.88. The van der Waals surface area contributed by atoms with Crippen LogP contribution in [0.15, 0.2) is 77.7 Å². The zero-order chi connectivity index (χ0) is 21.0. The van der Waals surface area contributed by atoms with Crippen molar-refractivity contribution in [3.05, 3.63) is 88.9 Å². The third-order valence-electron chi connectivity index (χ3n) is 4.13. The summed E-state index contributed by atoms with van der Waals surface area (Å²) in [6.07, 6.45) is 0. The van der Waals surface area contributed by atoms with Crippen LogP contribution in [0.1, 0.15) is 29.8 Å². The standard InChI is InChI=1S/C22H21ClN2O3S/c1-15(2)24-18-9-11-19(12-10-18)29(27,28)25-21-13-8-17(23)14-20(21)22(26)16-6-4-3-5-7-16/h3-15,24-25H,1-2H3. The van der Waals surface area contributed by atoms with Crippen LogP contribution in [-0.2, 0) is 10.0 Å². The molecule has 150 valence electrons. The van der Waals surface area contributed by atoms with E-state index in [1.54, 1.807) is 42.5 Å². The minimum Gasteiger partial charge on any atom is -0.383 e. The van der Waals surface area contributed by atoms with Gasteiger partial charge in [-0.25, -0.2) is 8.42 Å². The lowest BCUT2D eigenvalue weighted by Gasteiger charge is -2.14. The number of ketones is 1. The summed E-state index contributed by atoms with van der Waals surface area (Å²) in [6.45, 7) is 4.00. The van der Waals surface area contributed by atoms with Crippen LogP contribution >= 0.6 is 11.6 Å². The van der Waals surface area contributed by atoms with Gasteiger partial charge in [-0.05, 0) is 56.3 Å². The number of carbonyl (C=O) groups is 1. The Morgan fingerprint density at radius 3 is 2.21 bits per heavy atom. The van der Waals surface area contributed by atoms with E-state index in [2.05, 4.69) is 10.0 Å². The van der Waals surface area contributed by atoms with Crippen LogP contribution in [0.25, 0.3) is 0 Å². The van der Waals surface area contributed by atoms with Crippen molar-refractivity contribution in [3.8, 4) is 0 Å². The van der Waals surface area contributed by atoms with E-state index >= 15 is 0 Å². The topological polar surface area (TPSA) is 75.3 Å². The van der Waals surface area contributed by atoms with Gasteiger partial charge in [0.2, 0.25) is 0 Å². The monoisotopic (exact) mass is 428 g/mol. The molecule has 0 aliphatic heterocycles. The molecule has 3 aromatic carbocycles. The molecule has 0 amide bonds. The van der Waals surface area contributed by atoms with Gasteiger partial charge in [0.05, 0.1) is 10.6 Å². The van der Waals surface area contributed by atoms with Crippen LogP contribution in [0, 0.1) is 0 Å². The molecule has 0 heterocycles. The number of hydrogen-bond donors (Lipinski definition) is 2. The average Bonchev–Trinajstić information content (AvgIpc) is 2.69. The zero-order valence-electron chi connectivity index (χ0n) is 16.0. The Balaban J connectivity index is 1.92. The molecule has 3 aromatic rings. The number of halogens is 1. The van der Waals surface area contributed by atoms with E-state index in [0.29, 0.717) is 10.6 Å². The smallest absolute Gasteiger partial charge is 0.261 e. The molecule has 0 saturated carbocycles. The van der Waals surface area contributed by atoms with E-state index in [4.69, 9.17) is 11.6 Å². The molecule has 0 aliphatic rings. The largest absolute Gasteiger partial charge is 0.383 e. The number of sulfonamides is 1. The molecular formula is C22H21ClN2O3S. The Hall–Kier alpha value is -2.83. The molecule has 29 heavy (non-hydrogen) atoms. The van der Waals surface area contributed by atoms with Gasteiger partial charge < -0.3 is 5.32 Å². The fourth-order valence-electron chi connectivity index (χ4n) is 2.81. The van der Waals surface area contributed by atoms with Crippen LogP contribution < -0.4 is 10.0 Å². The van der Waals surface area contributed by atoms with Gasteiger partial charge in [-0.3, -0.25) is 9.52 Å². The Kier molecular flexibility index (Phi) is 6.25. The SMILES string of the molecule is CC(C)Nc1ccc(S(=O)(=O)Nc2ccc(Cl)cc2C(=O)c2ccccc2)cc1. The van der Waals surface area contributed by atoms with Gasteiger partial charge in [-0.2, -0.15) is 0 Å². The summed E-state index contributed by atoms with van der Waals surface area (Å²) >= 11 is 6.06. The van der Waals surface area contributed by atoms with Crippen molar-refractivity contribution in [2.24, 2.45) is 0 Å². The molecule has 5 nitrogen and oxygen atoms in total. The highest BCUT2D eigenvalue weighted by atomic mass is 35.5. The lowest BCUT2D eigenvalue weighted by Crippen LogP contribution is -2.16. The lowest BCUT2D eigenvalue weighted by molar-refractivity contribution is 0.103. The molecule has 3 rings (SSSR count). The fourth-order valence-corrected chi connectivity index (χ4v) is 4.06. The van der Waals surface area contributed by atoms with E-state index < -0.39 is 10.0 Å². The first kappa shape index (κ1) is 20.9. The summed E-state index contributed by atoms with van der Waals surface area (Å²) < 4.78 is 28.2. The third kappa shape index (κ3) is 5.16. The van der Waals surface area contributed by atoms with Gasteiger partial charge in [-0.15, -0.1) is 0 Å². The Bertz CT molecular complexity index is 1110. The van der Waals surface area contributed by atoms with Crippen molar-refractivity contribution in [3.63, 3.8) is 0 Å². The number of rotatable bonds is 7. The highest BCUT2D eigenvalue weighted by molar-refractivity contribution is 7.92. The minimum absolute atomic E-state index is 0.0971. The van der Waals surface area contributed by atoms with E-state index in [-0.39, 0.29) is 28.0 Å². The molecule has 0 saturated heterocycles. The van der Waals surface area contributed by atoms with E-state index in [0.717, 1.165) is 5.69 Å². The molecule has 0 bridgehead atoms. The van der Waals surface area contributed by atoms with Crippen molar-refractivity contribution < 1.29 is 13.2 Å². The maximum Gasteiger partial charge on any atom is 0.261 e. The Morgan fingerprint density at radius 1 is 0.931 bits per heavy atom. The number of benzene rings is 3. The van der Waals surface area contributed by atoms with Crippen LogP contribution in [0.4, 0.5) is 11.4 Å². The number of nitrogens with one attached hydrogen (secondary N) is 2. The predicted octanol–water partition coefficient (Wildman–Crippen LogP) is 5.19.